The van der Waals surface area contributed by atoms with E-state index in [0.29, 0.717) is 13.0 Å². The lowest BCUT2D eigenvalue weighted by Crippen LogP contribution is -2.38. The molecule has 1 aromatic rings. The number of rotatable bonds is 6. The monoisotopic (exact) mass is 258 g/mol. The molecule has 96 valence electrons. The van der Waals surface area contributed by atoms with Crippen molar-refractivity contribution in [1.29, 1.82) is 0 Å². The lowest BCUT2D eigenvalue weighted by Gasteiger charge is -2.15. The summed E-state index contributed by atoms with van der Waals surface area (Å²) in [5.41, 5.74) is 6.33. The second-order valence-corrected chi connectivity index (χ2v) is 5.61. The molecule has 1 atom stereocenters. The van der Waals surface area contributed by atoms with Crippen LogP contribution in [-0.4, -0.2) is 32.7 Å². The molecule has 0 spiro atoms. The fourth-order valence-electron chi connectivity index (χ4n) is 1.39. The van der Waals surface area contributed by atoms with Crippen molar-refractivity contribution in [3.8, 4) is 0 Å². The van der Waals surface area contributed by atoms with Crippen molar-refractivity contribution in [3.63, 3.8) is 0 Å². The maximum atomic E-state index is 11.9. The molecule has 1 rings (SSSR count). The highest BCUT2D eigenvalue weighted by molar-refractivity contribution is 7.89. The van der Waals surface area contributed by atoms with E-state index in [1.165, 1.54) is 12.1 Å². The minimum absolute atomic E-state index is 0.193. The molecule has 0 radical (unpaired) electrons. The standard InChI is InChI=1S/C11H18N2O3S/c1-9-2-4-11(5-3-9)17(15,16)13-10(8-14)6-7-12/h2-5,10,13-14H,6-8,12H2,1H3. The van der Waals surface area contributed by atoms with E-state index in [9.17, 15) is 8.42 Å². The molecule has 1 unspecified atom stereocenters. The lowest BCUT2D eigenvalue weighted by molar-refractivity contribution is 0.252. The summed E-state index contributed by atoms with van der Waals surface area (Å²) in [7, 11) is -3.58. The Hall–Kier alpha value is -0.950. The molecule has 4 N–H and O–H groups in total. The van der Waals surface area contributed by atoms with Crippen molar-refractivity contribution >= 4 is 10.0 Å². The summed E-state index contributed by atoms with van der Waals surface area (Å²) in [4.78, 5) is 0.193. The summed E-state index contributed by atoms with van der Waals surface area (Å²) in [5, 5.41) is 9.03. The number of aryl methyl sites for hydroxylation is 1. The summed E-state index contributed by atoms with van der Waals surface area (Å²) >= 11 is 0. The smallest absolute Gasteiger partial charge is 0.240 e. The van der Waals surface area contributed by atoms with E-state index < -0.39 is 16.1 Å². The molecule has 0 amide bonds. The van der Waals surface area contributed by atoms with E-state index in [1.54, 1.807) is 12.1 Å². The van der Waals surface area contributed by atoms with Crippen LogP contribution in [0.1, 0.15) is 12.0 Å². The van der Waals surface area contributed by atoms with Crippen LogP contribution in [0.15, 0.2) is 29.2 Å². The van der Waals surface area contributed by atoms with E-state index in [1.807, 2.05) is 6.92 Å². The first kappa shape index (κ1) is 14.1. The minimum atomic E-state index is -3.58. The number of hydrogen-bond acceptors (Lipinski definition) is 4. The van der Waals surface area contributed by atoms with Gasteiger partial charge in [0.2, 0.25) is 10.0 Å². The van der Waals surface area contributed by atoms with Gasteiger partial charge in [-0.3, -0.25) is 0 Å². The summed E-state index contributed by atoms with van der Waals surface area (Å²) < 4.78 is 26.3. The highest BCUT2D eigenvalue weighted by atomic mass is 32.2. The zero-order chi connectivity index (χ0) is 12.9. The Bertz CT molecular complexity index is 442. The van der Waals surface area contributed by atoms with E-state index in [-0.39, 0.29) is 11.5 Å². The van der Waals surface area contributed by atoms with Crippen molar-refractivity contribution in [1.82, 2.24) is 4.72 Å². The second kappa shape index (κ2) is 6.11. The van der Waals surface area contributed by atoms with Crippen LogP contribution in [0.2, 0.25) is 0 Å². The van der Waals surface area contributed by atoms with Gasteiger partial charge in [-0.25, -0.2) is 13.1 Å². The van der Waals surface area contributed by atoms with Crippen molar-refractivity contribution in [2.45, 2.75) is 24.3 Å². The van der Waals surface area contributed by atoms with Gasteiger partial charge < -0.3 is 10.8 Å². The summed E-state index contributed by atoms with van der Waals surface area (Å²) in [6, 6.07) is 5.99. The van der Waals surface area contributed by atoms with Gasteiger partial charge in [0.15, 0.2) is 0 Å². The molecule has 1 aromatic carbocycles. The second-order valence-electron chi connectivity index (χ2n) is 3.89. The number of aliphatic hydroxyl groups is 1. The van der Waals surface area contributed by atoms with Crippen LogP contribution in [0.25, 0.3) is 0 Å². The predicted molar refractivity (Wildman–Crippen MR) is 66.0 cm³/mol. The average molecular weight is 258 g/mol. The van der Waals surface area contributed by atoms with Gasteiger partial charge in [0.25, 0.3) is 0 Å². The van der Waals surface area contributed by atoms with Gasteiger partial charge >= 0.3 is 0 Å². The Morgan fingerprint density at radius 3 is 2.41 bits per heavy atom. The van der Waals surface area contributed by atoms with Crippen LogP contribution in [0.5, 0.6) is 0 Å². The first-order valence-electron chi connectivity index (χ1n) is 5.39. The van der Waals surface area contributed by atoms with Crippen molar-refractivity contribution in [3.05, 3.63) is 29.8 Å². The number of benzene rings is 1. The van der Waals surface area contributed by atoms with Gasteiger partial charge in [-0.2, -0.15) is 0 Å². The van der Waals surface area contributed by atoms with Crippen LogP contribution < -0.4 is 10.5 Å². The van der Waals surface area contributed by atoms with Gasteiger partial charge in [0.05, 0.1) is 11.5 Å². The van der Waals surface area contributed by atoms with Gasteiger partial charge in [-0.05, 0) is 32.0 Å². The quantitative estimate of drug-likeness (QED) is 0.669. The summed E-state index contributed by atoms with van der Waals surface area (Å²) in [5.74, 6) is 0. The number of sulfonamides is 1. The topological polar surface area (TPSA) is 92.4 Å². The molecule has 0 aliphatic heterocycles. The van der Waals surface area contributed by atoms with Crippen molar-refractivity contribution in [2.24, 2.45) is 5.73 Å². The Morgan fingerprint density at radius 2 is 1.94 bits per heavy atom. The minimum Gasteiger partial charge on any atom is -0.395 e. The molecule has 0 saturated carbocycles. The highest BCUT2D eigenvalue weighted by Crippen LogP contribution is 2.10. The first-order valence-corrected chi connectivity index (χ1v) is 6.88. The van der Waals surface area contributed by atoms with Gasteiger partial charge in [0, 0.05) is 6.04 Å². The number of nitrogens with two attached hydrogens (primary N) is 1. The molecule has 0 bridgehead atoms. The van der Waals surface area contributed by atoms with Crippen LogP contribution in [0.4, 0.5) is 0 Å². The van der Waals surface area contributed by atoms with Crippen molar-refractivity contribution in [2.75, 3.05) is 13.2 Å². The molecule has 17 heavy (non-hydrogen) atoms. The van der Waals surface area contributed by atoms with Gasteiger partial charge in [-0.15, -0.1) is 0 Å². The molecule has 0 aliphatic carbocycles. The SMILES string of the molecule is Cc1ccc(S(=O)(=O)NC(CO)CCN)cc1. The molecule has 5 nitrogen and oxygen atoms in total. The zero-order valence-corrected chi connectivity index (χ0v) is 10.6. The zero-order valence-electron chi connectivity index (χ0n) is 9.76. The van der Waals surface area contributed by atoms with Crippen LogP contribution >= 0.6 is 0 Å². The molecule has 0 fully saturated rings. The van der Waals surface area contributed by atoms with Crippen LogP contribution in [0, 0.1) is 6.92 Å². The fraction of sp³-hybridized carbons (Fsp3) is 0.455. The third-order valence-electron chi connectivity index (χ3n) is 2.39. The van der Waals surface area contributed by atoms with E-state index in [0.717, 1.165) is 5.56 Å². The maximum Gasteiger partial charge on any atom is 0.240 e. The Balaban J connectivity index is 2.84. The Kier molecular flexibility index (Phi) is 5.07. The van der Waals surface area contributed by atoms with E-state index in [4.69, 9.17) is 10.8 Å². The largest absolute Gasteiger partial charge is 0.395 e. The lowest BCUT2D eigenvalue weighted by atomic mass is 10.2. The predicted octanol–water partition coefficient (Wildman–Crippen LogP) is -0.0170. The molecular weight excluding hydrogens is 240 g/mol. The third-order valence-corrected chi connectivity index (χ3v) is 3.93. The Labute approximate surface area is 102 Å². The van der Waals surface area contributed by atoms with Gasteiger partial charge in [0.1, 0.15) is 0 Å². The molecular formula is C11H18N2O3S. The Morgan fingerprint density at radius 1 is 1.35 bits per heavy atom. The number of hydrogen-bond donors (Lipinski definition) is 3. The average Bonchev–Trinajstić information content (AvgIpc) is 2.28. The maximum absolute atomic E-state index is 11.9. The molecule has 0 aromatic heterocycles. The van der Waals surface area contributed by atoms with Crippen LogP contribution in [-0.2, 0) is 10.0 Å². The fourth-order valence-corrected chi connectivity index (χ4v) is 2.66. The van der Waals surface area contributed by atoms with Crippen molar-refractivity contribution < 1.29 is 13.5 Å². The highest BCUT2D eigenvalue weighted by Gasteiger charge is 2.18. The molecule has 6 heteroatoms. The summed E-state index contributed by atoms with van der Waals surface area (Å²) in [6.45, 7) is 1.94. The molecule has 0 aliphatic rings. The molecule has 0 saturated heterocycles. The number of aliphatic hydroxyl groups excluding tert-OH is 1. The van der Waals surface area contributed by atoms with Crippen LogP contribution in [0.3, 0.4) is 0 Å². The number of nitrogens with one attached hydrogen (secondary N) is 1. The van der Waals surface area contributed by atoms with E-state index >= 15 is 0 Å². The summed E-state index contributed by atoms with van der Waals surface area (Å²) in [6.07, 6.45) is 0.404. The normalized spacial score (nSPS) is 13.6. The third kappa shape index (κ3) is 4.08. The molecule has 0 heterocycles. The van der Waals surface area contributed by atoms with Gasteiger partial charge in [-0.1, -0.05) is 17.7 Å². The van der Waals surface area contributed by atoms with E-state index in [2.05, 4.69) is 4.72 Å². The first-order chi connectivity index (χ1) is 7.99.